The van der Waals surface area contributed by atoms with E-state index in [0.29, 0.717) is 11.3 Å². The Morgan fingerprint density at radius 2 is 2.06 bits per heavy atom. The second-order valence-corrected chi connectivity index (χ2v) is 3.30. The smallest absolute Gasteiger partial charge is 0.213 e. The average molecular weight is 216 g/mol. The first-order chi connectivity index (χ1) is 7.75. The minimum Gasteiger partial charge on any atom is -0.292 e. The highest BCUT2D eigenvalue weighted by Gasteiger charge is 2.08. The Morgan fingerprint density at radius 1 is 1.19 bits per heavy atom. The molecule has 0 aliphatic rings. The highest BCUT2D eigenvalue weighted by Crippen LogP contribution is 2.05. The third-order valence-corrected chi connectivity index (χ3v) is 2.11. The number of rotatable bonds is 3. The second-order valence-electron chi connectivity index (χ2n) is 3.30. The minimum absolute atomic E-state index is 0.133. The standard InChI is InChI=1S/C12H9FN2O/c13-12-8-9(4-6-15-12)7-11(16)10-3-1-2-5-14-10/h1-6,8H,7H2. The van der Waals surface area contributed by atoms with E-state index in [4.69, 9.17) is 0 Å². The van der Waals surface area contributed by atoms with E-state index in [0.717, 1.165) is 0 Å². The molecule has 0 unspecified atom stereocenters. The predicted octanol–water partition coefficient (Wildman–Crippen LogP) is 2.04. The summed E-state index contributed by atoms with van der Waals surface area (Å²) in [5, 5.41) is 0. The van der Waals surface area contributed by atoms with Gasteiger partial charge in [0.25, 0.3) is 0 Å². The molecule has 0 atom stereocenters. The van der Waals surface area contributed by atoms with Gasteiger partial charge in [-0.15, -0.1) is 0 Å². The molecule has 0 saturated heterocycles. The fraction of sp³-hybridized carbons (Fsp3) is 0.0833. The zero-order valence-corrected chi connectivity index (χ0v) is 8.43. The van der Waals surface area contributed by atoms with E-state index in [1.54, 1.807) is 30.5 Å². The lowest BCUT2D eigenvalue weighted by molar-refractivity contribution is 0.0988. The number of carbonyl (C=O) groups is 1. The van der Waals surface area contributed by atoms with Crippen molar-refractivity contribution < 1.29 is 9.18 Å². The van der Waals surface area contributed by atoms with Crippen LogP contribution in [0.25, 0.3) is 0 Å². The third kappa shape index (κ3) is 2.48. The van der Waals surface area contributed by atoms with E-state index in [-0.39, 0.29) is 12.2 Å². The van der Waals surface area contributed by atoms with Gasteiger partial charge in [-0.25, -0.2) is 4.98 Å². The van der Waals surface area contributed by atoms with Gasteiger partial charge >= 0.3 is 0 Å². The number of pyridine rings is 2. The molecule has 0 bridgehead atoms. The number of aromatic nitrogens is 2. The molecule has 4 heteroatoms. The lowest BCUT2D eigenvalue weighted by atomic mass is 10.1. The van der Waals surface area contributed by atoms with Crippen molar-refractivity contribution in [2.75, 3.05) is 0 Å². The predicted molar refractivity (Wildman–Crippen MR) is 56.5 cm³/mol. The van der Waals surface area contributed by atoms with E-state index in [1.165, 1.54) is 12.3 Å². The molecule has 2 aromatic rings. The molecule has 3 nitrogen and oxygen atoms in total. The molecule has 0 radical (unpaired) electrons. The summed E-state index contributed by atoms with van der Waals surface area (Å²) in [6.45, 7) is 0. The number of nitrogens with zero attached hydrogens (tertiary/aromatic N) is 2. The first kappa shape index (κ1) is 10.4. The van der Waals surface area contributed by atoms with E-state index in [1.807, 2.05) is 0 Å². The maximum atomic E-state index is 12.8. The van der Waals surface area contributed by atoms with Crippen molar-refractivity contribution in [1.29, 1.82) is 0 Å². The first-order valence-electron chi connectivity index (χ1n) is 4.80. The molecular weight excluding hydrogens is 207 g/mol. The molecular formula is C12H9FN2O. The molecule has 80 valence electrons. The van der Waals surface area contributed by atoms with Crippen molar-refractivity contribution in [2.45, 2.75) is 6.42 Å². The number of Topliss-reactive ketones (excluding diaryl/α,β-unsaturated/α-hetero) is 1. The molecule has 0 aromatic carbocycles. The van der Waals surface area contributed by atoms with Gasteiger partial charge in [-0.2, -0.15) is 4.39 Å². The largest absolute Gasteiger partial charge is 0.292 e. The van der Waals surface area contributed by atoms with Crippen LogP contribution in [0, 0.1) is 5.95 Å². The SMILES string of the molecule is O=C(Cc1ccnc(F)c1)c1ccccn1. The van der Waals surface area contributed by atoms with Crippen LogP contribution in [0.3, 0.4) is 0 Å². The third-order valence-electron chi connectivity index (χ3n) is 2.11. The fourth-order valence-corrected chi connectivity index (χ4v) is 1.36. The van der Waals surface area contributed by atoms with E-state index in [2.05, 4.69) is 9.97 Å². The van der Waals surface area contributed by atoms with Gasteiger partial charge in [0.15, 0.2) is 5.78 Å². The number of carbonyl (C=O) groups excluding carboxylic acids is 1. The van der Waals surface area contributed by atoms with Gasteiger partial charge < -0.3 is 0 Å². The molecule has 0 amide bonds. The van der Waals surface area contributed by atoms with Gasteiger partial charge in [0, 0.05) is 18.8 Å². The van der Waals surface area contributed by atoms with Gasteiger partial charge in [-0.05, 0) is 29.8 Å². The van der Waals surface area contributed by atoms with Gasteiger partial charge in [0.2, 0.25) is 5.95 Å². The highest BCUT2D eigenvalue weighted by atomic mass is 19.1. The van der Waals surface area contributed by atoms with Gasteiger partial charge in [0.1, 0.15) is 5.69 Å². The zero-order valence-electron chi connectivity index (χ0n) is 8.43. The van der Waals surface area contributed by atoms with Crippen LogP contribution in [0.15, 0.2) is 42.7 Å². The molecule has 2 aromatic heterocycles. The van der Waals surface area contributed by atoms with Crippen LogP contribution >= 0.6 is 0 Å². The summed E-state index contributed by atoms with van der Waals surface area (Å²) >= 11 is 0. The molecule has 2 heterocycles. The maximum absolute atomic E-state index is 12.8. The van der Waals surface area contributed by atoms with Crippen LogP contribution in [0.1, 0.15) is 16.1 Å². The number of hydrogen-bond donors (Lipinski definition) is 0. The summed E-state index contributed by atoms with van der Waals surface area (Å²) in [6, 6.07) is 7.99. The van der Waals surface area contributed by atoms with Crippen LogP contribution in [-0.4, -0.2) is 15.8 Å². The molecule has 16 heavy (non-hydrogen) atoms. The highest BCUT2D eigenvalue weighted by molar-refractivity contribution is 5.95. The van der Waals surface area contributed by atoms with Crippen molar-refractivity contribution in [3.63, 3.8) is 0 Å². The zero-order chi connectivity index (χ0) is 11.4. The number of hydrogen-bond acceptors (Lipinski definition) is 3. The summed E-state index contributed by atoms with van der Waals surface area (Å²) in [6.07, 6.45) is 3.03. The average Bonchev–Trinajstić information content (AvgIpc) is 2.30. The molecule has 0 fully saturated rings. The Morgan fingerprint density at radius 3 is 2.75 bits per heavy atom. The molecule has 0 N–H and O–H groups in total. The van der Waals surface area contributed by atoms with Crippen molar-refractivity contribution in [2.24, 2.45) is 0 Å². The van der Waals surface area contributed by atoms with Crippen molar-refractivity contribution in [1.82, 2.24) is 9.97 Å². The Kier molecular flexibility index (Phi) is 3.00. The Hall–Kier alpha value is -2.10. The van der Waals surface area contributed by atoms with Crippen molar-refractivity contribution in [3.05, 3.63) is 59.9 Å². The fourth-order valence-electron chi connectivity index (χ4n) is 1.36. The normalized spacial score (nSPS) is 10.1. The second kappa shape index (κ2) is 4.61. The van der Waals surface area contributed by atoms with Gasteiger partial charge in [-0.1, -0.05) is 6.07 Å². The summed E-state index contributed by atoms with van der Waals surface area (Å²) in [5.41, 5.74) is 0.989. The minimum atomic E-state index is -0.577. The quantitative estimate of drug-likeness (QED) is 0.582. The van der Waals surface area contributed by atoms with Crippen molar-refractivity contribution >= 4 is 5.78 Å². The van der Waals surface area contributed by atoms with Crippen LogP contribution in [-0.2, 0) is 6.42 Å². The van der Waals surface area contributed by atoms with Crippen LogP contribution in [0.5, 0.6) is 0 Å². The van der Waals surface area contributed by atoms with Crippen LogP contribution in [0.4, 0.5) is 4.39 Å². The van der Waals surface area contributed by atoms with E-state index in [9.17, 15) is 9.18 Å². The summed E-state index contributed by atoms with van der Waals surface area (Å²) in [5.74, 6) is -0.711. The Balaban J connectivity index is 2.14. The summed E-state index contributed by atoms with van der Waals surface area (Å²) in [4.78, 5) is 19.1. The van der Waals surface area contributed by atoms with Crippen molar-refractivity contribution in [3.8, 4) is 0 Å². The Bertz CT molecular complexity index is 499. The lowest BCUT2D eigenvalue weighted by Crippen LogP contribution is -2.05. The lowest BCUT2D eigenvalue weighted by Gasteiger charge is -2.00. The molecule has 0 spiro atoms. The Labute approximate surface area is 92.0 Å². The molecule has 0 saturated carbocycles. The van der Waals surface area contributed by atoms with Crippen LogP contribution in [0.2, 0.25) is 0 Å². The monoisotopic (exact) mass is 216 g/mol. The summed E-state index contributed by atoms with van der Waals surface area (Å²) in [7, 11) is 0. The first-order valence-corrected chi connectivity index (χ1v) is 4.80. The molecule has 0 aliphatic carbocycles. The summed E-state index contributed by atoms with van der Waals surface area (Å²) < 4.78 is 12.8. The maximum Gasteiger partial charge on any atom is 0.213 e. The van der Waals surface area contributed by atoms with Gasteiger partial charge in [-0.3, -0.25) is 9.78 Å². The topological polar surface area (TPSA) is 42.9 Å². The number of halogens is 1. The van der Waals surface area contributed by atoms with E-state index < -0.39 is 5.95 Å². The number of ketones is 1. The van der Waals surface area contributed by atoms with Crippen LogP contribution < -0.4 is 0 Å². The van der Waals surface area contributed by atoms with E-state index >= 15 is 0 Å². The van der Waals surface area contributed by atoms with Gasteiger partial charge in [0.05, 0.1) is 0 Å². The molecule has 2 rings (SSSR count). The molecule has 0 aliphatic heterocycles.